The molecule has 0 saturated heterocycles. The maximum Gasteiger partial charge on any atom is 0.276 e. The van der Waals surface area contributed by atoms with Crippen LogP contribution < -0.4 is 10.6 Å². The van der Waals surface area contributed by atoms with Gasteiger partial charge in [0.1, 0.15) is 5.69 Å². The molecule has 0 aliphatic heterocycles. The molecule has 5 heteroatoms. The Morgan fingerprint density at radius 2 is 1.86 bits per heavy atom. The predicted octanol–water partition coefficient (Wildman–Crippen LogP) is 2.49. The first-order valence-electron chi connectivity index (χ1n) is 6.50. The molecule has 1 amide bonds. The van der Waals surface area contributed by atoms with E-state index in [1.165, 1.54) is 4.90 Å². The van der Waals surface area contributed by atoms with Gasteiger partial charge in [0, 0.05) is 36.2 Å². The number of nitrogens with two attached hydrogens (primary N) is 1. The molecule has 1 aromatic carbocycles. The Labute approximate surface area is 122 Å². The van der Waals surface area contributed by atoms with E-state index < -0.39 is 0 Å². The van der Waals surface area contributed by atoms with Crippen LogP contribution in [0.1, 0.15) is 10.5 Å². The van der Waals surface area contributed by atoms with Gasteiger partial charge in [-0.2, -0.15) is 0 Å². The Balaban J connectivity index is 2.02. The van der Waals surface area contributed by atoms with Gasteiger partial charge in [0.25, 0.3) is 5.91 Å². The highest BCUT2D eigenvalue weighted by Gasteiger charge is 2.16. The maximum absolute atomic E-state index is 12.5. The molecule has 2 N–H and O–H groups in total. The van der Waals surface area contributed by atoms with Crippen molar-refractivity contribution < 1.29 is 4.79 Å². The minimum Gasteiger partial charge on any atom is -0.398 e. The van der Waals surface area contributed by atoms with Crippen molar-refractivity contribution in [3.63, 3.8) is 0 Å². The van der Waals surface area contributed by atoms with Crippen molar-refractivity contribution in [1.29, 1.82) is 0 Å². The molecular formula is C16H14N4O. The predicted molar refractivity (Wildman–Crippen MR) is 83.1 cm³/mol. The molecule has 0 aliphatic carbocycles. The van der Waals surface area contributed by atoms with E-state index >= 15 is 0 Å². The van der Waals surface area contributed by atoms with Crippen LogP contribution in [0.3, 0.4) is 0 Å². The number of anilines is 2. The van der Waals surface area contributed by atoms with Gasteiger partial charge in [0.05, 0.1) is 5.52 Å². The average Bonchev–Trinajstić information content (AvgIpc) is 2.54. The number of benzene rings is 1. The van der Waals surface area contributed by atoms with E-state index in [-0.39, 0.29) is 5.91 Å². The largest absolute Gasteiger partial charge is 0.398 e. The van der Waals surface area contributed by atoms with E-state index in [4.69, 9.17) is 5.73 Å². The van der Waals surface area contributed by atoms with Gasteiger partial charge < -0.3 is 10.6 Å². The summed E-state index contributed by atoms with van der Waals surface area (Å²) >= 11 is 0. The van der Waals surface area contributed by atoms with Crippen LogP contribution in [0.15, 0.2) is 54.9 Å². The van der Waals surface area contributed by atoms with Crippen molar-refractivity contribution in [2.75, 3.05) is 17.7 Å². The van der Waals surface area contributed by atoms with Crippen molar-refractivity contribution in [3.05, 3.63) is 60.6 Å². The summed E-state index contributed by atoms with van der Waals surface area (Å²) in [5.74, 6) is -0.210. The molecule has 0 saturated carbocycles. The molecular weight excluding hydrogens is 264 g/mol. The summed E-state index contributed by atoms with van der Waals surface area (Å²) in [5.41, 5.74) is 8.35. The molecule has 2 heterocycles. The summed E-state index contributed by atoms with van der Waals surface area (Å²) in [7, 11) is 1.70. The summed E-state index contributed by atoms with van der Waals surface area (Å²) in [6.45, 7) is 0. The van der Waals surface area contributed by atoms with Crippen LogP contribution in [0.5, 0.6) is 0 Å². The highest BCUT2D eigenvalue weighted by molar-refractivity contribution is 6.07. The van der Waals surface area contributed by atoms with E-state index in [1.807, 2.05) is 24.3 Å². The van der Waals surface area contributed by atoms with Crippen LogP contribution in [-0.2, 0) is 0 Å². The molecule has 0 spiro atoms. The number of aromatic nitrogens is 2. The Bertz CT molecular complexity index is 802. The lowest BCUT2D eigenvalue weighted by molar-refractivity contribution is 0.0988. The van der Waals surface area contributed by atoms with E-state index in [0.29, 0.717) is 16.9 Å². The Morgan fingerprint density at radius 1 is 1.14 bits per heavy atom. The first kappa shape index (κ1) is 13.1. The van der Waals surface area contributed by atoms with Gasteiger partial charge in [0.2, 0.25) is 0 Å². The maximum atomic E-state index is 12.5. The molecule has 3 rings (SSSR count). The smallest absolute Gasteiger partial charge is 0.276 e. The average molecular weight is 278 g/mol. The zero-order valence-corrected chi connectivity index (χ0v) is 11.5. The summed E-state index contributed by atoms with van der Waals surface area (Å²) in [4.78, 5) is 22.4. The zero-order valence-electron chi connectivity index (χ0n) is 11.5. The molecule has 0 unspecified atom stereocenters. The van der Waals surface area contributed by atoms with Crippen LogP contribution in [0.2, 0.25) is 0 Å². The minimum absolute atomic E-state index is 0.210. The van der Waals surface area contributed by atoms with Gasteiger partial charge in [-0.25, -0.2) is 4.98 Å². The third-order valence-electron chi connectivity index (χ3n) is 3.32. The number of fused-ring (bicyclic) bond motifs is 1. The summed E-state index contributed by atoms with van der Waals surface area (Å²) in [5, 5.41) is 0.848. The summed E-state index contributed by atoms with van der Waals surface area (Å²) < 4.78 is 0. The second kappa shape index (κ2) is 5.20. The molecule has 0 aliphatic rings. The molecule has 0 atom stereocenters. The van der Waals surface area contributed by atoms with Crippen molar-refractivity contribution in [3.8, 4) is 0 Å². The second-order valence-electron chi connectivity index (χ2n) is 4.68. The highest BCUT2D eigenvalue weighted by atomic mass is 16.2. The molecule has 3 aromatic rings. The normalized spacial score (nSPS) is 10.5. The molecule has 21 heavy (non-hydrogen) atoms. The molecule has 0 radical (unpaired) electrons. The Morgan fingerprint density at radius 3 is 2.62 bits per heavy atom. The lowest BCUT2D eigenvalue weighted by Crippen LogP contribution is -2.27. The number of pyridine rings is 2. The van der Waals surface area contributed by atoms with Crippen LogP contribution in [0.25, 0.3) is 10.9 Å². The summed E-state index contributed by atoms with van der Waals surface area (Å²) in [6.07, 6.45) is 3.28. The lowest BCUT2D eigenvalue weighted by Gasteiger charge is -2.17. The number of carbonyl (C=O) groups excluding carboxylic acids is 1. The second-order valence-corrected chi connectivity index (χ2v) is 4.68. The number of rotatable bonds is 2. The fourth-order valence-electron chi connectivity index (χ4n) is 2.17. The Hall–Kier alpha value is -2.95. The van der Waals surface area contributed by atoms with E-state index in [1.54, 1.807) is 37.6 Å². The molecule has 104 valence electrons. The van der Waals surface area contributed by atoms with Gasteiger partial charge >= 0.3 is 0 Å². The topological polar surface area (TPSA) is 72.1 Å². The van der Waals surface area contributed by atoms with E-state index in [9.17, 15) is 4.79 Å². The fraction of sp³-hybridized carbons (Fsp3) is 0.0625. The van der Waals surface area contributed by atoms with E-state index in [0.717, 1.165) is 11.1 Å². The van der Waals surface area contributed by atoms with Gasteiger partial charge in [0.15, 0.2) is 0 Å². The molecule has 5 nitrogen and oxygen atoms in total. The Kier molecular flexibility index (Phi) is 3.23. The monoisotopic (exact) mass is 278 g/mol. The lowest BCUT2D eigenvalue weighted by atomic mass is 10.1. The number of nitrogens with zero attached hydrogens (tertiary/aromatic N) is 3. The highest BCUT2D eigenvalue weighted by Crippen LogP contribution is 2.21. The number of para-hydroxylation sites is 1. The number of nitrogen functional groups attached to an aromatic ring is 1. The molecule has 0 fully saturated rings. The summed E-state index contributed by atoms with van der Waals surface area (Å²) in [6, 6.07) is 12.6. The van der Waals surface area contributed by atoms with Gasteiger partial charge in [-0.05, 0) is 24.3 Å². The van der Waals surface area contributed by atoms with Crippen molar-refractivity contribution >= 4 is 28.2 Å². The van der Waals surface area contributed by atoms with Crippen molar-refractivity contribution in [1.82, 2.24) is 9.97 Å². The third-order valence-corrected chi connectivity index (χ3v) is 3.32. The van der Waals surface area contributed by atoms with Crippen LogP contribution >= 0.6 is 0 Å². The van der Waals surface area contributed by atoms with E-state index in [2.05, 4.69) is 9.97 Å². The van der Waals surface area contributed by atoms with Gasteiger partial charge in [-0.15, -0.1) is 0 Å². The first-order valence-corrected chi connectivity index (χ1v) is 6.50. The van der Waals surface area contributed by atoms with Crippen molar-refractivity contribution in [2.45, 2.75) is 0 Å². The molecule has 2 aromatic heterocycles. The molecule has 0 bridgehead atoms. The number of hydrogen-bond donors (Lipinski definition) is 1. The van der Waals surface area contributed by atoms with Gasteiger partial charge in [-0.3, -0.25) is 9.78 Å². The van der Waals surface area contributed by atoms with Crippen molar-refractivity contribution in [2.24, 2.45) is 0 Å². The number of carbonyl (C=O) groups is 1. The third kappa shape index (κ3) is 2.41. The minimum atomic E-state index is -0.210. The number of hydrogen-bond acceptors (Lipinski definition) is 4. The van der Waals surface area contributed by atoms with Crippen LogP contribution in [0.4, 0.5) is 11.4 Å². The zero-order chi connectivity index (χ0) is 14.8. The quantitative estimate of drug-likeness (QED) is 0.781. The SMILES string of the molecule is CN(C(=O)c1cc(N)c2ccccc2n1)c1ccncc1. The van der Waals surface area contributed by atoms with Crippen LogP contribution in [-0.4, -0.2) is 22.9 Å². The van der Waals surface area contributed by atoms with Crippen LogP contribution in [0, 0.1) is 0 Å². The number of amides is 1. The first-order chi connectivity index (χ1) is 10.2. The standard InChI is InChI=1S/C16H14N4O/c1-20(11-6-8-18-9-7-11)16(21)15-10-13(17)12-4-2-3-5-14(12)19-15/h2-10H,1H3,(H2,17,19). The fourth-order valence-corrected chi connectivity index (χ4v) is 2.17. The van der Waals surface area contributed by atoms with Gasteiger partial charge in [-0.1, -0.05) is 18.2 Å².